The summed E-state index contributed by atoms with van der Waals surface area (Å²) in [7, 11) is 1.64. The SMILES string of the molecule is COc1ccccc1/C=C/c1nc(C#N)c(N2C[C@H](C)C[C@H](C)C2)o1. The molecule has 5 nitrogen and oxygen atoms in total. The zero-order valence-electron chi connectivity index (χ0n) is 14.9. The second-order valence-electron chi connectivity index (χ2n) is 6.74. The number of para-hydroxylation sites is 1. The molecule has 1 aliphatic rings. The normalized spacial score (nSPS) is 20.6. The van der Waals surface area contributed by atoms with Crippen molar-refractivity contribution in [2.45, 2.75) is 20.3 Å². The molecule has 2 atom stereocenters. The Balaban J connectivity index is 1.86. The van der Waals surface area contributed by atoms with E-state index in [1.165, 1.54) is 6.42 Å². The first-order valence-electron chi connectivity index (χ1n) is 8.57. The van der Waals surface area contributed by atoms with Crippen LogP contribution in [0.4, 0.5) is 5.88 Å². The molecule has 3 rings (SSSR count). The lowest BCUT2D eigenvalue weighted by Crippen LogP contribution is -2.38. The molecule has 2 heterocycles. The standard InChI is InChI=1S/C20H23N3O2/c1-14-10-15(2)13-23(12-14)20-17(11-21)22-19(25-20)9-8-16-6-4-5-7-18(16)24-3/h4-9,14-15H,10,12-13H2,1-3H3/b9-8+/t14-,15+. The summed E-state index contributed by atoms with van der Waals surface area (Å²) in [6.45, 7) is 6.24. The molecule has 0 bridgehead atoms. The Morgan fingerprint density at radius 1 is 1.24 bits per heavy atom. The molecule has 1 aliphatic heterocycles. The average Bonchev–Trinajstić information content (AvgIpc) is 3.03. The van der Waals surface area contributed by atoms with Gasteiger partial charge in [-0.05, 0) is 30.4 Å². The number of nitriles is 1. The molecule has 0 N–H and O–H groups in total. The van der Waals surface area contributed by atoms with Crippen LogP contribution in [-0.2, 0) is 0 Å². The van der Waals surface area contributed by atoms with Gasteiger partial charge < -0.3 is 14.1 Å². The monoisotopic (exact) mass is 337 g/mol. The van der Waals surface area contributed by atoms with Crippen molar-refractivity contribution < 1.29 is 9.15 Å². The van der Waals surface area contributed by atoms with E-state index < -0.39 is 0 Å². The number of methoxy groups -OCH3 is 1. The number of anilines is 1. The number of ether oxygens (including phenoxy) is 1. The van der Waals surface area contributed by atoms with Gasteiger partial charge in [0.25, 0.3) is 0 Å². The van der Waals surface area contributed by atoms with Gasteiger partial charge in [-0.15, -0.1) is 0 Å². The quantitative estimate of drug-likeness (QED) is 0.836. The van der Waals surface area contributed by atoms with Gasteiger partial charge in [-0.3, -0.25) is 0 Å². The number of hydrogen-bond acceptors (Lipinski definition) is 5. The Morgan fingerprint density at radius 3 is 2.64 bits per heavy atom. The van der Waals surface area contributed by atoms with Crippen molar-refractivity contribution in [3.8, 4) is 11.8 Å². The van der Waals surface area contributed by atoms with Crippen LogP contribution < -0.4 is 9.64 Å². The molecular weight excluding hydrogens is 314 g/mol. The zero-order valence-corrected chi connectivity index (χ0v) is 14.9. The fourth-order valence-electron chi connectivity index (χ4n) is 3.48. The second kappa shape index (κ2) is 7.43. The summed E-state index contributed by atoms with van der Waals surface area (Å²) < 4.78 is 11.2. The largest absolute Gasteiger partial charge is 0.496 e. The van der Waals surface area contributed by atoms with Crippen molar-refractivity contribution in [2.75, 3.05) is 25.1 Å². The molecule has 0 saturated carbocycles. The number of piperidine rings is 1. The second-order valence-corrected chi connectivity index (χ2v) is 6.74. The predicted octanol–water partition coefficient (Wildman–Crippen LogP) is 4.21. The van der Waals surface area contributed by atoms with Gasteiger partial charge in [-0.2, -0.15) is 10.2 Å². The summed E-state index contributed by atoms with van der Waals surface area (Å²) in [6, 6.07) is 9.88. The first kappa shape index (κ1) is 17.1. The molecular formula is C20H23N3O2. The highest BCUT2D eigenvalue weighted by Gasteiger charge is 2.27. The Bertz CT molecular complexity index is 794. The smallest absolute Gasteiger partial charge is 0.235 e. The first-order chi connectivity index (χ1) is 12.1. The fourth-order valence-corrected chi connectivity index (χ4v) is 3.48. The van der Waals surface area contributed by atoms with Gasteiger partial charge in [0, 0.05) is 24.7 Å². The van der Waals surface area contributed by atoms with Crippen molar-refractivity contribution in [3.05, 3.63) is 41.4 Å². The van der Waals surface area contributed by atoms with Crippen LogP contribution in [0.1, 0.15) is 37.4 Å². The number of aromatic nitrogens is 1. The van der Waals surface area contributed by atoms with Gasteiger partial charge in [0.1, 0.15) is 11.8 Å². The van der Waals surface area contributed by atoms with Crippen molar-refractivity contribution in [1.82, 2.24) is 4.98 Å². The molecule has 25 heavy (non-hydrogen) atoms. The van der Waals surface area contributed by atoms with E-state index in [4.69, 9.17) is 9.15 Å². The first-order valence-corrected chi connectivity index (χ1v) is 8.57. The molecule has 0 aliphatic carbocycles. The van der Waals surface area contributed by atoms with E-state index in [2.05, 4.69) is 29.8 Å². The topological polar surface area (TPSA) is 62.3 Å². The molecule has 0 radical (unpaired) electrons. The molecule has 1 fully saturated rings. The summed E-state index contributed by atoms with van der Waals surface area (Å²) in [4.78, 5) is 6.47. The minimum atomic E-state index is 0.348. The molecule has 0 amide bonds. The Labute approximate surface area is 148 Å². The summed E-state index contributed by atoms with van der Waals surface area (Å²) in [5, 5.41) is 9.42. The van der Waals surface area contributed by atoms with Crippen LogP contribution in [0.3, 0.4) is 0 Å². The summed E-state index contributed by atoms with van der Waals surface area (Å²) in [5.74, 6) is 2.95. The van der Waals surface area contributed by atoms with Crippen LogP contribution in [0.25, 0.3) is 12.2 Å². The third-order valence-electron chi connectivity index (χ3n) is 4.43. The number of hydrogen-bond donors (Lipinski definition) is 0. The van der Waals surface area contributed by atoms with E-state index in [1.807, 2.05) is 30.3 Å². The predicted molar refractivity (Wildman–Crippen MR) is 98.3 cm³/mol. The van der Waals surface area contributed by atoms with Crippen molar-refractivity contribution in [2.24, 2.45) is 11.8 Å². The Hall–Kier alpha value is -2.74. The molecule has 5 heteroatoms. The molecule has 0 spiro atoms. The van der Waals surface area contributed by atoms with Gasteiger partial charge in [-0.1, -0.05) is 32.0 Å². The number of benzene rings is 1. The van der Waals surface area contributed by atoms with Crippen LogP contribution in [0, 0.1) is 23.2 Å². The maximum absolute atomic E-state index is 9.42. The average molecular weight is 337 g/mol. The van der Waals surface area contributed by atoms with E-state index in [-0.39, 0.29) is 0 Å². The highest BCUT2D eigenvalue weighted by molar-refractivity contribution is 5.70. The number of oxazole rings is 1. The van der Waals surface area contributed by atoms with E-state index >= 15 is 0 Å². The third-order valence-corrected chi connectivity index (χ3v) is 4.43. The molecule has 1 aromatic heterocycles. The minimum Gasteiger partial charge on any atom is -0.496 e. The van der Waals surface area contributed by atoms with Gasteiger partial charge in [-0.25, -0.2) is 0 Å². The van der Waals surface area contributed by atoms with Crippen molar-refractivity contribution in [1.29, 1.82) is 5.26 Å². The maximum Gasteiger partial charge on any atom is 0.235 e. The van der Waals surface area contributed by atoms with Gasteiger partial charge in [0.05, 0.1) is 7.11 Å². The van der Waals surface area contributed by atoms with Crippen LogP contribution in [0.15, 0.2) is 28.7 Å². The highest BCUT2D eigenvalue weighted by atomic mass is 16.5. The highest BCUT2D eigenvalue weighted by Crippen LogP contribution is 2.30. The van der Waals surface area contributed by atoms with E-state index in [9.17, 15) is 5.26 Å². The number of rotatable bonds is 4. The van der Waals surface area contributed by atoms with E-state index in [0.29, 0.717) is 29.3 Å². The minimum absolute atomic E-state index is 0.348. The van der Waals surface area contributed by atoms with Gasteiger partial charge in [0.15, 0.2) is 0 Å². The summed E-state index contributed by atoms with van der Waals surface area (Å²) in [6.07, 6.45) is 4.86. The lowest BCUT2D eigenvalue weighted by molar-refractivity contribution is 0.342. The Morgan fingerprint density at radius 2 is 1.96 bits per heavy atom. The van der Waals surface area contributed by atoms with Crippen molar-refractivity contribution >= 4 is 18.0 Å². The lowest BCUT2D eigenvalue weighted by Gasteiger charge is -2.34. The summed E-state index contributed by atoms with van der Waals surface area (Å²) >= 11 is 0. The van der Waals surface area contributed by atoms with Crippen molar-refractivity contribution in [3.63, 3.8) is 0 Å². The number of nitrogens with zero attached hydrogens (tertiary/aromatic N) is 3. The van der Waals surface area contributed by atoms with Gasteiger partial charge in [0.2, 0.25) is 17.5 Å². The van der Waals surface area contributed by atoms with Crippen LogP contribution >= 0.6 is 0 Å². The van der Waals surface area contributed by atoms with Gasteiger partial charge >= 0.3 is 0 Å². The zero-order chi connectivity index (χ0) is 17.8. The van der Waals surface area contributed by atoms with E-state index in [0.717, 1.165) is 24.4 Å². The molecule has 1 aromatic carbocycles. The summed E-state index contributed by atoms with van der Waals surface area (Å²) in [5.41, 5.74) is 1.28. The molecule has 0 unspecified atom stereocenters. The Kier molecular flexibility index (Phi) is 5.08. The van der Waals surface area contributed by atoms with E-state index in [1.54, 1.807) is 13.2 Å². The molecule has 130 valence electrons. The van der Waals surface area contributed by atoms with Crippen LogP contribution in [0.5, 0.6) is 5.75 Å². The molecule has 2 aromatic rings. The van der Waals surface area contributed by atoms with Crippen LogP contribution in [0.2, 0.25) is 0 Å². The fraction of sp³-hybridized carbons (Fsp3) is 0.400. The maximum atomic E-state index is 9.42. The third kappa shape index (κ3) is 3.85. The van der Waals surface area contributed by atoms with Crippen LogP contribution in [-0.4, -0.2) is 25.2 Å². The lowest BCUT2D eigenvalue weighted by atomic mass is 9.92. The molecule has 1 saturated heterocycles.